The zero-order valence-corrected chi connectivity index (χ0v) is 14.5. The first kappa shape index (κ1) is 19.3. The van der Waals surface area contributed by atoms with E-state index in [1.165, 1.54) is 0 Å². The summed E-state index contributed by atoms with van der Waals surface area (Å²) >= 11 is 0. The number of carbonyl (C=O) groups is 3. The van der Waals surface area contributed by atoms with Gasteiger partial charge in [0.05, 0.1) is 5.92 Å². The van der Waals surface area contributed by atoms with Crippen LogP contribution in [0.2, 0.25) is 0 Å². The summed E-state index contributed by atoms with van der Waals surface area (Å²) in [6.45, 7) is 9.10. The molecule has 0 aromatic heterocycles. The van der Waals surface area contributed by atoms with Crippen LogP contribution >= 0.6 is 0 Å². The van der Waals surface area contributed by atoms with Crippen molar-refractivity contribution in [1.82, 2.24) is 15.5 Å². The minimum absolute atomic E-state index is 0.158. The summed E-state index contributed by atoms with van der Waals surface area (Å²) in [5, 5.41) is 14.6. The second-order valence-corrected chi connectivity index (χ2v) is 6.93. The van der Waals surface area contributed by atoms with Gasteiger partial charge in [0.1, 0.15) is 6.04 Å². The van der Waals surface area contributed by atoms with E-state index in [4.69, 9.17) is 5.11 Å². The van der Waals surface area contributed by atoms with Gasteiger partial charge < -0.3 is 20.6 Å². The Morgan fingerprint density at radius 2 is 1.87 bits per heavy atom. The molecule has 1 aliphatic rings. The number of hydrogen-bond acceptors (Lipinski definition) is 3. The van der Waals surface area contributed by atoms with Gasteiger partial charge in [-0.15, -0.1) is 0 Å². The molecule has 1 fully saturated rings. The Kier molecular flexibility index (Phi) is 7.32. The van der Waals surface area contributed by atoms with Crippen LogP contribution in [-0.2, 0) is 9.59 Å². The van der Waals surface area contributed by atoms with Crippen molar-refractivity contribution in [3.05, 3.63) is 0 Å². The number of rotatable bonds is 6. The normalized spacial score (nSPS) is 19.6. The maximum Gasteiger partial charge on any atom is 0.326 e. The second kappa shape index (κ2) is 8.74. The van der Waals surface area contributed by atoms with Gasteiger partial charge in [0, 0.05) is 19.6 Å². The van der Waals surface area contributed by atoms with Gasteiger partial charge in [-0.2, -0.15) is 0 Å². The molecule has 0 aromatic carbocycles. The average Bonchev–Trinajstić information content (AvgIpc) is 2.49. The number of carboxylic acid groups (broad SMARTS) is 1. The van der Waals surface area contributed by atoms with Crippen LogP contribution in [0.5, 0.6) is 0 Å². The molecule has 0 aliphatic carbocycles. The molecule has 132 valence electrons. The third-order valence-electron chi connectivity index (χ3n) is 3.97. The molecule has 7 nitrogen and oxygen atoms in total. The molecule has 0 bridgehead atoms. The van der Waals surface area contributed by atoms with E-state index < -0.39 is 12.0 Å². The predicted molar refractivity (Wildman–Crippen MR) is 86.9 cm³/mol. The molecule has 23 heavy (non-hydrogen) atoms. The Balaban J connectivity index is 2.58. The van der Waals surface area contributed by atoms with Crippen LogP contribution < -0.4 is 10.6 Å². The Morgan fingerprint density at radius 1 is 1.22 bits per heavy atom. The molecular weight excluding hydrogens is 298 g/mol. The maximum atomic E-state index is 12.3. The van der Waals surface area contributed by atoms with Crippen LogP contribution in [0, 0.1) is 17.8 Å². The van der Waals surface area contributed by atoms with Gasteiger partial charge >= 0.3 is 12.0 Å². The fraction of sp³-hybridized carbons (Fsp3) is 0.812. The van der Waals surface area contributed by atoms with E-state index in [0.29, 0.717) is 32.0 Å². The van der Waals surface area contributed by atoms with Gasteiger partial charge in [-0.25, -0.2) is 9.59 Å². The highest BCUT2D eigenvalue weighted by atomic mass is 16.4. The lowest BCUT2D eigenvalue weighted by molar-refractivity contribution is -0.144. The molecule has 0 radical (unpaired) electrons. The number of nitrogens with one attached hydrogen (secondary N) is 2. The zero-order chi connectivity index (χ0) is 17.6. The SMILES string of the molecule is CC(C)CNC(=O)N1CCCC(C(=O)N[C@@H](C(=O)O)C(C)C)C1. The molecule has 7 heteroatoms. The highest BCUT2D eigenvalue weighted by Gasteiger charge is 2.31. The lowest BCUT2D eigenvalue weighted by Gasteiger charge is -2.33. The van der Waals surface area contributed by atoms with E-state index in [-0.39, 0.29) is 23.8 Å². The van der Waals surface area contributed by atoms with Crippen molar-refractivity contribution in [3.63, 3.8) is 0 Å². The average molecular weight is 327 g/mol. The van der Waals surface area contributed by atoms with E-state index >= 15 is 0 Å². The first-order valence-corrected chi connectivity index (χ1v) is 8.28. The summed E-state index contributed by atoms with van der Waals surface area (Å²) in [5.41, 5.74) is 0. The lowest BCUT2D eigenvalue weighted by atomic mass is 9.96. The lowest BCUT2D eigenvalue weighted by Crippen LogP contribution is -2.52. The monoisotopic (exact) mass is 327 g/mol. The molecule has 0 spiro atoms. The largest absolute Gasteiger partial charge is 0.480 e. The molecule has 0 aromatic rings. The van der Waals surface area contributed by atoms with Crippen molar-refractivity contribution in [2.45, 2.75) is 46.6 Å². The van der Waals surface area contributed by atoms with E-state index in [1.54, 1.807) is 18.7 Å². The van der Waals surface area contributed by atoms with E-state index in [1.807, 2.05) is 13.8 Å². The van der Waals surface area contributed by atoms with Gasteiger partial charge in [0.15, 0.2) is 0 Å². The molecule has 3 amide bonds. The molecule has 1 aliphatic heterocycles. The van der Waals surface area contributed by atoms with Crippen LogP contribution in [0.25, 0.3) is 0 Å². The van der Waals surface area contributed by atoms with Crippen LogP contribution in [0.15, 0.2) is 0 Å². The maximum absolute atomic E-state index is 12.3. The fourth-order valence-corrected chi connectivity index (χ4v) is 2.56. The number of likely N-dealkylation sites (tertiary alicyclic amines) is 1. The molecule has 1 unspecified atom stereocenters. The van der Waals surface area contributed by atoms with Gasteiger partial charge in [-0.3, -0.25) is 4.79 Å². The minimum Gasteiger partial charge on any atom is -0.480 e. The summed E-state index contributed by atoms with van der Waals surface area (Å²) in [5.74, 6) is -1.49. The zero-order valence-electron chi connectivity index (χ0n) is 14.5. The quantitative estimate of drug-likeness (QED) is 0.684. The van der Waals surface area contributed by atoms with Crippen molar-refractivity contribution < 1.29 is 19.5 Å². The number of aliphatic carboxylic acids is 1. The number of piperidine rings is 1. The van der Waals surface area contributed by atoms with Crippen LogP contribution in [0.1, 0.15) is 40.5 Å². The van der Waals surface area contributed by atoms with Crippen LogP contribution in [0.3, 0.4) is 0 Å². The first-order chi connectivity index (χ1) is 10.7. The van der Waals surface area contributed by atoms with Crippen molar-refractivity contribution in [1.29, 1.82) is 0 Å². The van der Waals surface area contributed by atoms with Gasteiger partial charge in [0.2, 0.25) is 5.91 Å². The van der Waals surface area contributed by atoms with E-state index in [0.717, 1.165) is 6.42 Å². The smallest absolute Gasteiger partial charge is 0.326 e. The standard InChI is InChI=1S/C16H29N3O4/c1-10(2)8-17-16(23)19-7-5-6-12(9-19)14(20)18-13(11(3)4)15(21)22/h10-13H,5-9H2,1-4H3,(H,17,23)(H,18,20)(H,21,22)/t12?,13-/m1/s1. The van der Waals surface area contributed by atoms with E-state index in [2.05, 4.69) is 10.6 Å². The third-order valence-corrected chi connectivity index (χ3v) is 3.97. The second-order valence-electron chi connectivity index (χ2n) is 6.93. The van der Waals surface area contributed by atoms with E-state index in [9.17, 15) is 14.4 Å². The number of carboxylic acids is 1. The van der Waals surface area contributed by atoms with Crippen molar-refractivity contribution in [3.8, 4) is 0 Å². The third kappa shape index (κ3) is 6.08. The number of urea groups is 1. The molecule has 3 N–H and O–H groups in total. The predicted octanol–water partition coefficient (Wildman–Crippen LogP) is 1.29. The van der Waals surface area contributed by atoms with Gasteiger partial charge in [-0.05, 0) is 24.7 Å². The number of amides is 3. The summed E-state index contributed by atoms with van der Waals surface area (Å²) in [7, 11) is 0. The fourth-order valence-electron chi connectivity index (χ4n) is 2.56. The van der Waals surface area contributed by atoms with Crippen molar-refractivity contribution in [2.75, 3.05) is 19.6 Å². The van der Waals surface area contributed by atoms with Crippen LogP contribution in [0.4, 0.5) is 4.79 Å². The molecule has 1 saturated heterocycles. The Bertz CT molecular complexity index is 437. The summed E-state index contributed by atoms with van der Waals surface area (Å²) in [6.07, 6.45) is 1.41. The topological polar surface area (TPSA) is 98.7 Å². The van der Waals surface area contributed by atoms with Crippen LogP contribution in [-0.4, -0.2) is 53.6 Å². The first-order valence-electron chi connectivity index (χ1n) is 8.28. The molecular formula is C16H29N3O4. The molecule has 2 atom stereocenters. The molecule has 1 heterocycles. The minimum atomic E-state index is -1.03. The van der Waals surface area contributed by atoms with Gasteiger partial charge in [0.25, 0.3) is 0 Å². The summed E-state index contributed by atoms with van der Waals surface area (Å²) in [6, 6.07) is -1.05. The summed E-state index contributed by atoms with van der Waals surface area (Å²) in [4.78, 5) is 37.2. The highest BCUT2D eigenvalue weighted by Crippen LogP contribution is 2.17. The highest BCUT2D eigenvalue weighted by molar-refractivity contribution is 5.86. The molecule has 0 saturated carbocycles. The molecule has 1 rings (SSSR count). The number of carbonyl (C=O) groups excluding carboxylic acids is 2. The van der Waals surface area contributed by atoms with Crippen molar-refractivity contribution in [2.24, 2.45) is 17.8 Å². The number of nitrogens with zero attached hydrogens (tertiary/aromatic N) is 1. The van der Waals surface area contributed by atoms with Crippen molar-refractivity contribution >= 4 is 17.9 Å². The van der Waals surface area contributed by atoms with Gasteiger partial charge in [-0.1, -0.05) is 27.7 Å². The Morgan fingerprint density at radius 3 is 2.39 bits per heavy atom. The number of hydrogen-bond donors (Lipinski definition) is 3. The summed E-state index contributed by atoms with van der Waals surface area (Å²) < 4.78 is 0. The Labute approximate surface area is 137 Å². The Hall–Kier alpha value is -1.79.